The number of likely N-dealkylation sites (N-methyl/N-ethyl adjacent to an activating group) is 2. The Morgan fingerprint density at radius 3 is 2.19 bits per heavy atom. The van der Waals surface area contributed by atoms with E-state index in [1.165, 1.54) is 11.1 Å². The fourth-order valence-electron chi connectivity index (χ4n) is 3.18. The number of hydrogen-bond acceptors (Lipinski definition) is 3. The third-order valence-corrected chi connectivity index (χ3v) is 4.40. The highest BCUT2D eigenvalue weighted by Gasteiger charge is 2.26. The molecular formula is C18H32N2O. The van der Waals surface area contributed by atoms with E-state index in [9.17, 15) is 0 Å². The molecule has 3 atom stereocenters. The normalized spacial score (nSPS) is 16.0. The van der Waals surface area contributed by atoms with Gasteiger partial charge in [-0.15, -0.1) is 0 Å². The summed E-state index contributed by atoms with van der Waals surface area (Å²) in [5.41, 5.74) is 2.74. The lowest BCUT2D eigenvalue weighted by molar-refractivity contribution is 0.0659. The smallest absolute Gasteiger partial charge is 0.0615 e. The second kappa shape index (κ2) is 9.19. The molecule has 1 rings (SSSR count). The molecule has 1 aromatic rings. The van der Waals surface area contributed by atoms with Crippen molar-refractivity contribution in [1.82, 2.24) is 10.2 Å². The van der Waals surface area contributed by atoms with Crippen LogP contribution in [0.25, 0.3) is 0 Å². The van der Waals surface area contributed by atoms with Crippen LogP contribution in [0.3, 0.4) is 0 Å². The van der Waals surface area contributed by atoms with Crippen molar-refractivity contribution in [3.8, 4) is 0 Å². The lowest BCUT2D eigenvalue weighted by Gasteiger charge is -2.38. The SMILES string of the molecule is CCc1ccc(C(NC)C(C)N(CC)C(C)COC)cc1. The van der Waals surface area contributed by atoms with Gasteiger partial charge in [0.05, 0.1) is 6.61 Å². The van der Waals surface area contributed by atoms with Crippen LogP contribution >= 0.6 is 0 Å². The zero-order valence-electron chi connectivity index (χ0n) is 14.5. The van der Waals surface area contributed by atoms with Crippen LogP contribution < -0.4 is 5.32 Å². The fourth-order valence-corrected chi connectivity index (χ4v) is 3.18. The van der Waals surface area contributed by atoms with E-state index in [2.05, 4.69) is 62.2 Å². The summed E-state index contributed by atoms with van der Waals surface area (Å²) < 4.78 is 5.32. The van der Waals surface area contributed by atoms with Crippen molar-refractivity contribution in [1.29, 1.82) is 0 Å². The van der Waals surface area contributed by atoms with Gasteiger partial charge in [0.2, 0.25) is 0 Å². The molecule has 3 nitrogen and oxygen atoms in total. The molecule has 0 aliphatic carbocycles. The molecule has 0 saturated heterocycles. The van der Waals surface area contributed by atoms with Crippen LogP contribution in [0.1, 0.15) is 44.9 Å². The van der Waals surface area contributed by atoms with Gasteiger partial charge in [0.15, 0.2) is 0 Å². The number of aryl methyl sites for hydroxylation is 1. The molecular weight excluding hydrogens is 260 g/mol. The largest absolute Gasteiger partial charge is 0.383 e. The standard InChI is InChI=1S/C18H32N2O/c1-7-16-9-11-17(12-10-16)18(19-5)15(4)20(8-2)14(3)13-21-6/h9-12,14-15,18-19H,7-8,13H2,1-6H3. The predicted octanol–water partition coefficient (Wildman–Crippen LogP) is 3.25. The van der Waals surface area contributed by atoms with Crippen LogP contribution in [-0.4, -0.2) is 44.3 Å². The van der Waals surface area contributed by atoms with Gasteiger partial charge in [0.25, 0.3) is 0 Å². The third kappa shape index (κ3) is 4.80. The van der Waals surface area contributed by atoms with E-state index < -0.39 is 0 Å². The van der Waals surface area contributed by atoms with Gasteiger partial charge in [0.1, 0.15) is 0 Å². The van der Waals surface area contributed by atoms with Crippen LogP contribution in [0.5, 0.6) is 0 Å². The number of ether oxygens (including phenoxy) is 1. The van der Waals surface area contributed by atoms with Gasteiger partial charge in [-0.3, -0.25) is 4.90 Å². The van der Waals surface area contributed by atoms with E-state index in [1.54, 1.807) is 7.11 Å². The minimum Gasteiger partial charge on any atom is -0.383 e. The molecule has 3 heteroatoms. The number of rotatable bonds is 9. The summed E-state index contributed by atoms with van der Waals surface area (Å²) in [6.07, 6.45) is 1.09. The third-order valence-electron chi connectivity index (χ3n) is 4.40. The Kier molecular flexibility index (Phi) is 7.94. The fraction of sp³-hybridized carbons (Fsp3) is 0.667. The molecule has 1 N–H and O–H groups in total. The summed E-state index contributed by atoms with van der Waals surface area (Å²) in [5, 5.41) is 3.48. The van der Waals surface area contributed by atoms with Crippen LogP contribution in [0.4, 0.5) is 0 Å². The van der Waals surface area contributed by atoms with E-state index in [-0.39, 0.29) is 0 Å². The highest BCUT2D eigenvalue weighted by Crippen LogP contribution is 2.23. The molecule has 1 aromatic carbocycles. The molecule has 0 saturated carbocycles. The van der Waals surface area contributed by atoms with Gasteiger partial charge >= 0.3 is 0 Å². The highest BCUT2D eigenvalue weighted by molar-refractivity contribution is 5.26. The average molecular weight is 292 g/mol. The summed E-state index contributed by atoms with van der Waals surface area (Å²) in [6.45, 7) is 10.7. The lowest BCUT2D eigenvalue weighted by Crippen LogP contribution is -2.47. The van der Waals surface area contributed by atoms with Gasteiger partial charge in [-0.2, -0.15) is 0 Å². The van der Waals surface area contributed by atoms with E-state index >= 15 is 0 Å². The van der Waals surface area contributed by atoms with Crippen molar-refractivity contribution < 1.29 is 4.74 Å². The van der Waals surface area contributed by atoms with Crippen molar-refractivity contribution in [3.05, 3.63) is 35.4 Å². The Morgan fingerprint density at radius 2 is 1.76 bits per heavy atom. The molecule has 0 heterocycles. The Labute approximate surface area is 130 Å². The first-order valence-corrected chi connectivity index (χ1v) is 8.09. The monoisotopic (exact) mass is 292 g/mol. The number of benzene rings is 1. The first kappa shape index (κ1) is 18.1. The molecule has 0 aliphatic rings. The molecule has 0 radical (unpaired) electrons. The van der Waals surface area contributed by atoms with Gasteiger partial charge in [-0.1, -0.05) is 38.1 Å². The number of nitrogens with one attached hydrogen (secondary N) is 1. The molecule has 0 bridgehead atoms. The Bertz CT molecular complexity index is 391. The minimum absolute atomic E-state index is 0.329. The quantitative estimate of drug-likeness (QED) is 0.756. The first-order chi connectivity index (χ1) is 10.1. The summed E-state index contributed by atoms with van der Waals surface area (Å²) in [6, 6.07) is 10.1. The second-order valence-electron chi connectivity index (χ2n) is 5.74. The van der Waals surface area contributed by atoms with Crippen molar-refractivity contribution in [3.63, 3.8) is 0 Å². The summed E-state index contributed by atoms with van der Waals surface area (Å²) in [7, 11) is 3.82. The zero-order valence-corrected chi connectivity index (χ0v) is 14.5. The van der Waals surface area contributed by atoms with Gasteiger partial charge < -0.3 is 10.1 Å². The topological polar surface area (TPSA) is 24.5 Å². The van der Waals surface area contributed by atoms with Crippen molar-refractivity contribution in [2.45, 2.75) is 52.2 Å². The maximum Gasteiger partial charge on any atom is 0.0615 e. The number of methoxy groups -OCH3 is 1. The predicted molar refractivity (Wildman–Crippen MR) is 90.8 cm³/mol. The van der Waals surface area contributed by atoms with Gasteiger partial charge in [-0.25, -0.2) is 0 Å². The van der Waals surface area contributed by atoms with Crippen molar-refractivity contribution >= 4 is 0 Å². The Hall–Kier alpha value is -0.900. The maximum absolute atomic E-state index is 5.32. The minimum atomic E-state index is 0.329. The zero-order chi connectivity index (χ0) is 15.8. The molecule has 0 fully saturated rings. The molecule has 0 spiro atoms. The van der Waals surface area contributed by atoms with Crippen LogP contribution in [0, 0.1) is 0 Å². The summed E-state index contributed by atoms with van der Waals surface area (Å²) >= 11 is 0. The lowest BCUT2D eigenvalue weighted by atomic mass is 9.97. The van der Waals surface area contributed by atoms with Gasteiger partial charge in [-0.05, 0) is 45.0 Å². The number of hydrogen-bond donors (Lipinski definition) is 1. The Morgan fingerprint density at radius 1 is 1.14 bits per heavy atom. The first-order valence-electron chi connectivity index (χ1n) is 8.09. The van der Waals surface area contributed by atoms with Crippen molar-refractivity contribution in [2.75, 3.05) is 27.3 Å². The van der Waals surface area contributed by atoms with E-state index in [0.717, 1.165) is 19.6 Å². The van der Waals surface area contributed by atoms with Crippen LogP contribution in [-0.2, 0) is 11.2 Å². The van der Waals surface area contributed by atoms with Gasteiger partial charge in [0, 0.05) is 25.2 Å². The van der Waals surface area contributed by atoms with Crippen LogP contribution in [0.2, 0.25) is 0 Å². The molecule has 120 valence electrons. The summed E-state index contributed by atoms with van der Waals surface area (Å²) in [4.78, 5) is 2.50. The van der Waals surface area contributed by atoms with E-state index in [0.29, 0.717) is 18.1 Å². The highest BCUT2D eigenvalue weighted by atomic mass is 16.5. The maximum atomic E-state index is 5.32. The molecule has 3 unspecified atom stereocenters. The van der Waals surface area contributed by atoms with E-state index in [4.69, 9.17) is 4.74 Å². The number of nitrogens with zero attached hydrogens (tertiary/aromatic N) is 1. The van der Waals surface area contributed by atoms with E-state index in [1.807, 2.05) is 7.05 Å². The van der Waals surface area contributed by atoms with Crippen molar-refractivity contribution in [2.24, 2.45) is 0 Å². The molecule has 0 amide bonds. The molecule has 0 aliphatic heterocycles. The molecule has 21 heavy (non-hydrogen) atoms. The second-order valence-corrected chi connectivity index (χ2v) is 5.74. The average Bonchev–Trinajstić information content (AvgIpc) is 2.49. The Balaban J connectivity index is 2.89. The van der Waals surface area contributed by atoms with Crippen LogP contribution in [0.15, 0.2) is 24.3 Å². The summed E-state index contributed by atoms with van der Waals surface area (Å²) in [5.74, 6) is 0. The molecule has 0 aromatic heterocycles.